The first kappa shape index (κ1) is 45.6. The van der Waals surface area contributed by atoms with Gasteiger partial charge in [-0.1, -0.05) is 58.7 Å². The Morgan fingerprint density at radius 1 is 0.717 bits per heavy atom. The highest BCUT2D eigenvalue weighted by atomic mass is 16.5. The van der Waals surface area contributed by atoms with Crippen molar-refractivity contribution in [3.8, 4) is 11.9 Å². The number of aliphatic hydroxyl groups excluding tert-OH is 1. The summed E-state index contributed by atoms with van der Waals surface area (Å²) in [6.07, 6.45) is 9.51. The second kappa shape index (κ2) is 20.6. The first-order valence-electron chi connectivity index (χ1n) is 18.1. The summed E-state index contributed by atoms with van der Waals surface area (Å²) in [7, 11) is 1.33. The zero-order valence-electron chi connectivity index (χ0n) is 31.1. The lowest BCUT2D eigenvalue weighted by atomic mass is 10.1. The average molecular weight is 821 g/mol. The maximum Gasteiger partial charge on any atom is 0.337 e. The normalized spacial score (nSPS) is 13.4. The molecule has 1 fully saturated rings. The van der Waals surface area contributed by atoms with E-state index < -0.39 is 5.97 Å². The lowest BCUT2D eigenvalue weighted by Gasteiger charge is -2.17. The van der Waals surface area contributed by atoms with Gasteiger partial charge in [0.25, 0.3) is 11.9 Å². The van der Waals surface area contributed by atoms with Crippen LogP contribution in [0.2, 0.25) is 0 Å². The molecule has 2 aromatic carbocycles. The minimum Gasteiger partial charge on any atom is -0.465 e. The number of hydrogen-bond donors (Lipinski definition) is 3. The monoisotopic (exact) mass is 820 g/mol. The highest BCUT2D eigenvalue weighted by Gasteiger charge is 2.33. The maximum absolute atomic E-state index is 12.5. The molecule has 0 saturated carbocycles. The number of amides is 2. The smallest absolute Gasteiger partial charge is 0.337 e. The molecule has 316 valence electrons. The number of esters is 1. The van der Waals surface area contributed by atoms with Gasteiger partial charge in [-0.3, -0.25) is 19.4 Å². The molecule has 9 rings (SSSR count). The van der Waals surface area contributed by atoms with Crippen molar-refractivity contribution in [2.24, 2.45) is 0 Å². The number of aromatic nitrogens is 8. The summed E-state index contributed by atoms with van der Waals surface area (Å²) < 4.78 is 12.7. The number of carbonyl (C=O) groups excluding carboxylic acids is 3. The van der Waals surface area contributed by atoms with Gasteiger partial charge < -0.3 is 26.0 Å². The Bertz CT molecular complexity index is 2380. The van der Waals surface area contributed by atoms with Gasteiger partial charge in [-0.25, -0.2) is 14.2 Å². The Balaban J connectivity index is 0.000000227. The van der Waals surface area contributed by atoms with E-state index in [0.29, 0.717) is 46.8 Å². The predicted molar refractivity (Wildman–Crippen MR) is 227 cm³/mol. The van der Waals surface area contributed by atoms with Crippen molar-refractivity contribution >= 4 is 41.1 Å². The van der Waals surface area contributed by atoms with Crippen molar-refractivity contribution in [3.05, 3.63) is 119 Å². The molecular weight excluding hydrogens is 769 g/mol. The van der Waals surface area contributed by atoms with Gasteiger partial charge in [-0.05, 0) is 53.8 Å². The fourth-order valence-corrected chi connectivity index (χ4v) is 6.39. The number of carbonyl (C=O) groups is 3. The van der Waals surface area contributed by atoms with Crippen LogP contribution in [0.25, 0.3) is 11.9 Å². The standard InChI is InChI=1S/C18H16N6O3.C17H16N6O2.C4H8O.3CH4/c1-27-17(26)12-5-2-4-11(8-12)10-23-14(25)9-13-15(19)21-18(22-16(13)23)24-7-3-6-20-24;18-15-13-8-14(25)22(9-11-3-1-4-12(7-11)10-24)16(13)21-17(20-15)23-6-2-5-19-23;1-2-4-5-3-1;;;/h2-8H,9-10H2,1H3,(H2,19,21,22);1-7,24H,8-10H2,(H2,18,20,21);1-4H2;3*1H4. The Kier molecular flexibility index (Phi) is 15.7. The molecule has 0 radical (unpaired) electrons. The number of nitrogens with zero attached hydrogens (tertiary/aromatic N) is 10. The van der Waals surface area contributed by atoms with Crippen LogP contribution in [-0.2, 0) is 51.6 Å². The maximum atomic E-state index is 12.5. The van der Waals surface area contributed by atoms with Crippen LogP contribution in [0.15, 0.2) is 85.5 Å². The summed E-state index contributed by atoms with van der Waals surface area (Å²) in [6, 6.07) is 17.9. The van der Waals surface area contributed by atoms with E-state index in [0.717, 1.165) is 29.9 Å². The summed E-state index contributed by atoms with van der Waals surface area (Å²) in [4.78, 5) is 57.3. The third-order valence-corrected chi connectivity index (χ3v) is 9.23. The zero-order valence-corrected chi connectivity index (χ0v) is 31.1. The quantitative estimate of drug-likeness (QED) is 0.177. The van der Waals surface area contributed by atoms with Crippen molar-refractivity contribution in [1.29, 1.82) is 0 Å². The van der Waals surface area contributed by atoms with E-state index in [4.69, 9.17) is 20.9 Å². The first-order chi connectivity index (χ1) is 27.7. The van der Waals surface area contributed by atoms with E-state index in [9.17, 15) is 19.5 Å². The SMILES string of the molecule is C.C.C.C1CCOC1.COC(=O)c1cccc(CN2C(=O)Cc3c(N)nc(-n4cccn4)nc32)c1.Nc1nc(-n2cccn2)nc2c1CC(=O)N2Cc1cccc(CO)c1. The highest BCUT2D eigenvalue weighted by molar-refractivity contribution is 6.02. The Hall–Kier alpha value is -7.05. The number of nitrogen functional groups attached to an aromatic ring is 2. The molecule has 4 aromatic heterocycles. The molecule has 18 nitrogen and oxygen atoms in total. The van der Waals surface area contributed by atoms with Crippen LogP contribution in [-0.4, -0.2) is 82.7 Å². The van der Waals surface area contributed by atoms with Crippen LogP contribution in [0.4, 0.5) is 23.3 Å². The van der Waals surface area contributed by atoms with Crippen LogP contribution in [0.1, 0.15) is 73.3 Å². The van der Waals surface area contributed by atoms with Crippen LogP contribution in [0.3, 0.4) is 0 Å². The predicted octanol–water partition coefficient (Wildman–Crippen LogP) is 4.65. The molecule has 0 spiro atoms. The third-order valence-electron chi connectivity index (χ3n) is 9.23. The lowest BCUT2D eigenvalue weighted by molar-refractivity contribution is -0.118. The van der Waals surface area contributed by atoms with E-state index >= 15 is 0 Å². The molecule has 7 heterocycles. The van der Waals surface area contributed by atoms with Crippen LogP contribution < -0.4 is 21.3 Å². The summed E-state index contributed by atoms with van der Waals surface area (Å²) >= 11 is 0. The molecular formula is C42H52N12O6. The number of fused-ring (bicyclic) bond motifs is 2. The number of anilines is 4. The molecule has 5 N–H and O–H groups in total. The molecule has 2 amide bonds. The van der Waals surface area contributed by atoms with Gasteiger partial charge in [-0.2, -0.15) is 30.1 Å². The molecule has 0 aliphatic carbocycles. The van der Waals surface area contributed by atoms with E-state index in [2.05, 4.69) is 30.1 Å². The number of hydrogen-bond acceptors (Lipinski definition) is 14. The van der Waals surface area contributed by atoms with Crippen molar-refractivity contribution in [1.82, 2.24) is 39.5 Å². The third kappa shape index (κ3) is 10.1. The topological polar surface area (TPSA) is 236 Å². The number of nitrogens with two attached hydrogens (primary N) is 2. The lowest BCUT2D eigenvalue weighted by Crippen LogP contribution is -2.27. The minimum atomic E-state index is -0.433. The summed E-state index contributed by atoms with van der Waals surface area (Å²) in [5.41, 5.74) is 16.2. The second-order valence-corrected chi connectivity index (χ2v) is 13.1. The summed E-state index contributed by atoms with van der Waals surface area (Å²) in [5.74, 6) is 1.48. The molecule has 3 aliphatic heterocycles. The van der Waals surface area contributed by atoms with Crippen molar-refractivity contribution in [2.75, 3.05) is 41.6 Å². The molecule has 0 bridgehead atoms. The largest absolute Gasteiger partial charge is 0.465 e. The van der Waals surface area contributed by atoms with Gasteiger partial charge in [-0.15, -0.1) is 0 Å². The Morgan fingerprint density at radius 3 is 1.63 bits per heavy atom. The van der Waals surface area contributed by atoms with Crippen LogP contribution in [0.5, 0.6) is 0 Å². The fraction of sp³-hybridized carbons (Fsp3) is 0.310. The van der Waals surface area contributed by atoms with Gasteiger partial charge in [0.2, 0.25) is 11.8 Å². The number of methoxy groups -OCH3 is 1. The molecule has 60 heavy (non-hydrogen) atoms. The average Bonchev–Trinajstić information content (AvgIpc) is 4.09. The zero-order chi connectivity index (χ0) is 39.9. The van der Waals surface area contributed by atoms with Crippen LogP contribution in [0, 0.1) is 0 Å². The van der Waals surface area contributed by atoms with E-state index in [1.165, 1.54) is 34.2 Å². The Labute approximate surface area is 348 Å². The molecule has 18 heteroatoms. The van der Waals surface area contributed by atoms with Gasteiger partial charge in [0, 0.05) is 49.1 Å². The number of rotatable bonds is 8. The number of ether oxygens (including phenoxy) is 2. The van der Waals surface area contributed by atoms with E-state index in [-0.39, 0.29) is 71.7 Å². The summed E-state index contributed by atoms with van der Waals surface area (Å²) in [6.45, 7) is 2.57. The molecule has 0 atom stereocenters. The molecule has 3 aliphatic rings. The van der Waals surface area contributed by atoms with Crippen LogP contribution >= 0.6 is 0 Å². The number of aliphatic hydroxyl groups is 1. The second-order valence-electron chi connectivity index (χ2n) is 13.1. The van der Waals surface area contributed by atoms with Crippen molar-refractivity contribution < 1.29 is 29.0 Å². The Morgan fingerprint density at radius 2 is 1.20 bits per heavy atom. The summed E-state index contributed by atoms with van der Waals surface area (Å²) in [5, 5.41) is 17.5. The van der Waals surface area contributed by atoms with Gasteiger partial charge in [0.1, 0.15) is 23.3 Å². The van der Waals surface area contributed by atoms with E-state index in [1.54, 1.807) is 60.0 Å². The van der Waals surface area contributed by atoms with Gasteiger partial charge in [0.05, 0.1) is 45.2 Å². The van der Waals surface area contributed by atoms with Crippen molar-refractivity contribution in [3.63, 3.8) is 0 Å². The first-order valence-corrected chi connectivity index (χ1v) is 18.1. The number of benzene rings is 2. The fourth-order valence-electron chi connectivity index (χ4n) is 6.39. The van der Waals surface area contributed by atoms with Gasteiger partial charge >= 0.3 is 5.97 Å². The van der Waals surface area contributed by atoms with E-state index in [1.807, 2.05) is 30.3 Å². The highest BCUT2D eigenvalue weighted by Crippen LogP contribution is 2.33. The van der Waals surface area contributed by atoms with Crippen molar-refractivity contribution in [2.45, 2.75) is 67.7 Å². The molecule has 0 unspecified atom stereocenters. The molecule has 1 saturated heterocycles. The minimum absolute atomic E-state index is 0. The van der Waals surface area contributed by atoms with Gasteiger partial charge in [0.15, 0.2) is 0 Å². The molecule has 6 aromatic rings.